The lowest BCUT2D eigenvalue weighted by molar-refractivity contribution is -0.120. The number of allylic oxidation sites excluding steroid dienone is 1. The van der Waals surface area contributed by atoms with Gasteiger partial charge in [0.15, 0.2) is 9.84 Å². The van der Waals surface area contributed by atoms with Gasteiger partial charge in [-0.25, -0.2) is 8.42 Å². The molecule has 0 saturated heterocycles. The van der Waals surface area contributed by atoms with E-state index in [0.717, 1.165) is 6.26 Å². The van der Waals surface area contributed by atoms with Crippen molar-refractivity contribution in [1.82, 2.24) is 5.32 Å². The molecule has 1 N–H and O–H groups in total. The van der Waals surface area contributed by atoms with Crippen LogP contribution in [-0.2, 0) is 14.6 Å². The molecule has 1 unspecified atom stereocenters. The first-order valence-electron chi connectivity index (χ1n) is 3.44. The SMILES string of the molecule is C=CCC(C(=O)NC)S(C)(=O)=O. The Balaban J connectivity index is 4.67. The third-order valence-corrected chi connectivity index (χ3v) is 2.88. The molecular weight excluding hydrogens is 178 g/mol. The molecule has 0 aliphatic carbocycles. The zero-order valence-corrected chi connectivity index (χ0v) is 8.02. The van der Waals surface area contributed by atoms with E-state index in [1.54, 1.807) is 0 Å². The van der Waals surface area contributed by atoms with Crippen molar-refractivity contribution in [3.8, 4) is 0 Å². The molecule has 0 aliphatic rings. The highest BCUT2D eigenvalue weighted by atomic mass is 32.2. The highest BCUT2D eigenvalue weighted by Crippen LogP contribution is 2.04. The van der Waals surface area contributed by atoms with Gasteiger partial charge < -0.3 is 5.32 Å². The Hall–Kier alpha value is -0.840. The van der Waals surface area contributed by atoms with Crippen molar-refractivity contribution in [1.29, 1.82) is 0 Å². The van der Waals surface area contributed by atoms with E-state index >= 15 is 0 Å². The van der Waals surface area contributed by atoms with Crippen LogP contribution in [0.5, 0.6) is 0 Å². The first-order valence-corrected chi connectivity index (χ1v) is 5.40. The maximum atomic E-state index is 11.0. The molecule has 5 heteroatoms. The van der Waals surface area contributed by atoms with E-state index in [1.807, 2.05) is 0 Å². The molecule has 0 rings (SSSR count). The number of amides is 1. The summed E-state index contributed by atoms with van der Waals surface area (Å²) in [6.45, 7) is 3.39. The summed E-state index contributed by atoms with van der Waals surface area (Å²) in [6, 6.07) is 0. The molecule has 70 valence electrons. The Labute approximate surface area is 72.6 Å². The molecule has 0 aromatic heterocycles. The summed E-state index contributed by atoms with van der Waals surface area (Å²) in [6.07, 6.45) is 2.61. The largest absolute Gasteiger partial charge is 0.358 e. The van der Waals surface area contributed by atoms with Crippen molar-refractivity contribution in [2.24, 2.45) is 0 Å². The number of hydrogen-bond donors (Lipinski definition) is 1. The lowest BCUT2D eigenvalue weighted by Crippen LogP contribution is -2.37. The van der Waals surface area contributed by atoms with Gasteiger partial charge in [-0.1, -0.05) is 6.08 Å². The molecule has 0 spiro atoms. The van der Waals surface area contributed by atoms with Crippen LogP contribution in [0.1, 0.15) is 6.42 Å². The average molecular weight is 191 g/mol. The second kappa shape index (κ2) is 4.25. The van der Waals surface area contributed by atoms with Crippen LogP contribution in [0.2, 0.25) is 0 Å². The topological polar surface area (TPSA) is 63.2 Å². The molecule has 1 amide bonds. The molecule has 0 aromatic rings. The molecule has 0 aromatic carbocycles. The maximum Gasteiger partial charge on any atom is 0.238 e. The lowest BCUT2D eigenvalue weighted by Gasteiger charge is -2.10. The average Bonchev–Trinajstić information content (AvgIpc) is 1.96. The van der Waals surface area contributed by atoms with Gasteiger partial charge >= 0.3 is 0 Å². The lowest BCUT2D eigenvalue weighted by atomic mass is 10.3. The number of carbonyl (C=O) groups is 1. The minimum Gasteiger partial charge on any atom is -0.358 e. The first-order chi connectivity index (χ1) is 5.43. The van der Waals surface area contributed by atoms with E-state index in [9.17, 15) is 13.2 Å². The molecular formula is C7H13NO3S. The van der Waals surface area contributed by atoms with Crippen molar-refractivity contribution in [2.45, 2.75) is 11.7 Å². The Bertz CT molecular complexity index is 268. The molecule has 0 fully saturated rings. The highest BCUT2D eigenvalue weighted by molar-refractivity contribution is 7.92. The summed E-state index contributed by atoms with van der Waals surface area (Å²) in [5.41, 5.74) is 0. The van der Waals surface area contributed by atoms with Gasteiger partial charge in [-0.15, -0.1) is 6.58 Å². The molecule has 0 bridgehead atoms. The molecule has 0 heterocycles. The van der Waals surface area contributed by atoms with Gasteiger partial charge in [-0.2, -0.15) is 0 Å². The third-order valence-electron chi connectivity index (χ3n) is 1.44. The van der Waals surface area contributed by atoms with Crippen molar-refractivity contribution < 1.29 is 13.2 Å². The van der Waals surface area contributed by atoms with Crippen molar-refractivity contribution in [2.75, 3.05) is 13.3 Å². The molecule has 0 radical (unpaired) electrons. The Morgan fingerprint density at radius 1 is 1.67 bits per heavy atom. The van der Waals surface area contributed by atoms with Gasteiger partial charge in [0, 0.05) is 13.3 Å². The standard InChI is InChI=1S/C7H13NO3S/c1-4-5-6(7(9)8-2)12(3,10)11/h4,6H,1,5H2,2-3H3,(H,8,9). The van der Waals surface area contributed by atoms with E-state index in [-0.39, 0.29) is 6.42 Å². The quantitative estimate of drug-likeness (QED) is 0.622. The van der Waals surface area contributed by atoms with Gasteiger partial charge in [0.05, 0.1) is 0 Å². The number of sulfone groups is 1. The van der Waals surface area contributed by atoms with E-state index < -0.39 is 21.0 Å². The zero-order chi connectivity index (χ0) is 9.78. The second-order valence-electron chi connectivity index (χ2n) is 2.46. The maximum absolute atomic E-state index is 11.0. The van der Waals surface area contributed by atoms with Gasteiger partial charge in [0.1, 0.15) is 5.25 Å². The Kier molecular flexibility index (Phi) is 3.95. The van der Waals surface area contributed by atoms with Gasteiger partial charge in [0.25, 0.3) is 0 Å². The highest BCUT2D eigenvalue weighted by Gasteiger charge is 2.26. The van der Waals surface area contributed by atoms with Gasteiger partial charge in [-0.05, 0) is 6.42 Å². The Morgan fingerprint density at radius 2 is 2.17 bits per heavy atom. The van der Waals surface area contributed by atoms with Gasteiger partial charge in [-0.3, -0.25) is 4.79 Å². The molecule has 0 aliphatic heterocycles. The van der Waals surface area contributed by atoms with Crippen molar-refractivity contribution in [3.63, 3.8) is 0 Å². The number of carbonyl (C=O) groups excluding carboxylic acids is 1. The van der Waals surface area contributed by atoms with Crippen LogP contribution in [-0.4, -0.2) is 32.9 Å². The smallest absolute Gasteiger partial charge is 0.238 e. The summed E-state index contributed by atoms with van der Waals surface area (Å²) in [5.74, 6) is -0.489. The first kappa shape index (κ1) is 11.2. The minimum absolute atomic E-state index is 0.151. The summed E-state index contributed by atoms with van der Waals surface area (Å²) in [5, 5.41) is 1.29. The summed E-state index contributed by atoms with van der Waals surface area (Å²) in [7, 11) is -1.92. The summed E-state index contributed by atoms with van der Waals surface area (Å²) < 4.78 is 22.0. The fourth-order valence-corrected chi connectivity index (χ4v) is 1.78. The Morgan fingerprint density at radius 3 is 2.42 bits per heavy atom. The number of rotatable bonds is 4. The van der Waals surface area contributed by atoms with Crippen molar-refractivity contribution >= 4 is 15.7 Å². The zero-order valence-electron chi connectivity index (χ0n) is 7.20. The number of nitrogens with one attached hydrogen (secondary N) is 1. The summed E-state index contributed by atoms with van der Waals surface area (Å²) >= 11 is 0. The molecule has 1 atom stereocenters. The predicted octanol–water partition coefficient (Wildman–Crippen LogP) is -0.278. The van der Waals surface area contributed by atoms with Crippen molar-refractivity contribution in [3.05, 3.63) is 12.7 Å². The van der Waals surface area contributed by atoms with E-state index in [2.05, 4.69) is 11.9 Å². The normalized spacial score (nSPS) is 13.5. The van der Waals surface area contributed by atoms with Crippen LogP contribution >= 0.6 is 0 Å². The van der Waals surface area contributed by atoms with Crippen LogP contribution in [0.15, 0.2) is 12.7 Å². The van der Waals surface area contributed by atoms with Crippen LogP contribution in [0, 0.1) is 0 Å². The fraction of sp³-hybridized carbons (Fsp3) is 0.571. The second-order valence-corrected chi connectivity index (χ2v) is 4.68. The van der Waals surface area contributed by atoms with Crippen LogP contribution in [0.4, 0.5) is 0 Å². The minimum atomic E-state index is -3.32. The molecule has 0 saturated carbocycles. The molecule has 4 nitrogen and oxygen atoms in total. The fourth-order valence-electron chi connectivity index (χ4n) is 0.789. The van der Waals surface area contributed by atoms with E-state index in [0.29, 0.717) is 0 Å². The van der Waals surface area contributed by atoms with Crippen LogP contribution < -0.4 is 5.32 Å². The number of hydrogen-bond acceptors (Lipinski definition) is 3. The summed E-state index contributed by atoms with van der Waals surface area (Å²) in [4.78, 5) is 11.0. The van der Waals surface area contributed by atoms with E-state index in [1.165, 1.54) is 13.1 Å². The third kappa shape index (κ3) is 3.04. The van der Waals surface area contributed by atoms with Crippen LogP contribution in [0.25, 0.3) is 0 Å². The van der Waals surface area contributed by atoms with Gasteiger partial charge in [0.2, 0.25) is 5.91 Å². The molecule has 12 heavy (non-hydrogen) atoms. The monoisotopic (exact) mass is 191 g/mol. The van der Waals surface area contributed by atoms with Crippen LogP contribution in [0.3, 0.4) is 0 Å². The van der Waals surface area contributed by atoms with E-state index in [4.69, 9.17) is 0 Å². The predicted molar refractivity (Wildman–Crippen MR) is 47.5 cm³/mol.